The fourth-order valence-electron chi connectivity index (χ4n) is 3.13. The molecule has 0 aromatic heterocycles. The van der Waals surface area contributed by atoms with Crippen molar-refractivity contribution in [3.8, 4) is 16.9 Å². The van der Waals surface area contributed by atoms with Gasteiger partial charge in [-0.05, 0) is 59.7 Å². The Morgan fingerprint density at radius 1 is 0.846 bits per heavy atom. The van der Waals surface area contributed by atoms with Gasteiger partial charge < -0.3 is 5.11 Å². The van der Waals surface area contributed by atoms with Crippen LogP contribution in [0.15, 0.2) is 36.4 Å². The summed E-state index contributed by atoms with van der Waals surface area (Å²) >= 11 is 0. The Balaban J connectivity index is 2.08. The smallest absolute Gasteiger partial charge is 0.175 e. The van der Waals surface area contributed by atoms with Crippen LogP contribution in [0, 0.1) is 23.3 Å². The summed E-state index contributed by atoms with van der Waals surface area (Å²) in [6.45, 7) is 2.04. The van der Waals surface area contributed by atoms with Gasteiger partial charge in [-0.3, -0.25) is 0 Å². The van der Waals surface area contributed by atoms with Crippen LogP contribution in [0.5, 0.6) is 5.75 Å². The Labute approximate surface area is 148 Å². The minimum Gasteiger partial charge on any atom is -0.505 e. The maximum Gasteiger partial charge on any atom is 0.175 e. The number of fused-ring (bicyclic) bond motifs is 1. The summed E-state index contributed by atoms with van der Waals surface area (Å²) in [5, 5.41) is 9.07. The van der Waals surface area contributed by atoms with Gasteiger partial charge in [0.1, 0.15) is 17.5 Å². The van der Waals surface area contributed by atoms with E-state index >= 15 is 0 Å². The summed E-state index contributed by atoms with van der Waals surface area (Å²) in [5.74, 6) is -4.34. The first-order valence-electron chi connectivity index (χ1n) is 8.51. The fraction of sp³-hybridized carbons (Fsp3) is 0.238. The van der Waals surface area contributed by atoms with Gasteiger partial charge in [0.05, 0.1) is 10.9 Å². The Bertz CT molecular complexity index is 943. The number of aromatic hydroxyl groups is 1. The highest BCUT2D eigenvalue weighted by Crippen LogP contribution is 2.34. The van der Waals surface area contributed by atoms with Crippen molar-refractivity contribution in [3.05, 3.63) is 65.2 Å². The largest absolute Gasteiger partial charge is 0.505 e. The van der Waals surface area contributed by atoms with E-state index in [1.165, 1.54) is 24.3 Å². The van der Waals surface area contributed by atoms with Gasteiger partial charge in [0.25, 0.3) is 0 Å². The highest BCUT2D eigenvalue weighted by molar-refractivity contribution is 5.89. The summed E-state index contributed by atoms with van der Waals surface area (Å²) in [5.41, 5.74) is 0.183. The molecule has 0 unspecified atom stereocenters. The zero-order valence-electron chi connectivity index (χ0n) is 14.3. The molecule has 0 heterocycles. The van der Waals surface area contributed by atoms with E-state index in [4.69, 9.17) is 0 Å². The van der Waals surface area contributed by atoms with Gasteiger partial charge in [-0.2, -0.15) is 0 Å². The number of aryl methyl sites for hydroxylation is 1. The molecule has 26 heavy (non-hydrogen) atoms. The minimum absolute atomic E-state index is 0.0183. The Morgan fingerprint density at radius 3 is 2.19 bits per heavy atom. The van der Waals surface area contributed by atoms with Gasteiger partial charge in [0.15, 0.2) is 11.6 Å². The van der Waals surface area contributed by atoms with E-state index in [1.807, 2.05) is 6.92 Å². The maximum atomic E-state index is 14.5. The number of phenols is 1. The topological polar surface area (TPSA) is 20.2 Å². The molecule has 0 radical (unpaired) electrons. The van der Waals surface area contributed by atoms with Gasteiger partial charge in [-0.15, -0.1) is 0 Å². The first kappa shape index (κ1) is 18.2. The number of benzene rings is 3. The molecule has 0 fully saturated rings. The second kappa shape index (κ2) is 7.36. The number of rotatable bonds is 5. The van der Waals surface area contributed by atoms with E-state index in [-0.39, 0.29) is 16.5 Å². The molecule has 136 valence electrons. The van der Waals surface area contributed by atoms with Crippen LogP contribution in [0.1, 0.15) is 31.7 Å². The molecule has 0 spiro atoms. The van der Waals surface area contributed by atoms with Crippen LogP contribution in [0.4, 0.5) is 17.6 Å². The van der Waals surface area contributed by atoms with Crippen molar-refractivity contribution in [2.24, 2.45) is 0 Å². The monoisotopic (exact) mass is 362 g/mol. The molecule has 1 N–H and O–H groups in total. The molecule has 0 atom stereocenters. The number of phenolic OH excluding ortho intramolecular Hbond substituents is 1. The third kappa shape index (κ3) is 3.39. The third-order valence-electron chi connectivity index (χ3n) is 4.45. The molecule has 0 saturated heterocycles. The molecule has 3 aromatic carbocycles. The molecule has 0 aliphatic carbocycles. The molecule has 1 nitrogen and oxygen atoms in total. The van der Waals surface area contributed by atoms with Crippen molar-refractivity contribution in [1.82, 2.24) is 0 Å². The van der Waals surface area contributed by atoms with Crippen molar-refractivity contribution in [2.75, 3.05) is 0 Å². The van der Waals surface area contributed by atoms with Crippen molar-refractivity contribution < 1.29 is 22.7 Å². The summed E-state index contributed by atoms with van der Waals surface area (Å²) in [6, 6.07) is 7.07. The second-order valence-corrected chi connectivity index (χ2v) is 6.35. The number of halogens is 4. The lowest BCUT2D eigenvalue weighted by molar-refractivity contribution is 0.435. The quantitative estimate of drug-likeness (QED) is 0.406. The zero-order chi connectivity index (χ0) is 18.8. The van der Waals surface area contributed by atoms with Gasteiger partial charge in [-0.1, -0.05) is 25.8 Å². The van der Waals surface area contributed by atoms with Gasteiger partial charge >= 0.3 is 0 Å². The molecule has 5 heteroatoms. The van der Waals surface area contributed by atoms with E-state index in [9.17, 15) is 22.7 Å². The lowest BCUT2D eigenvalue weighted by Crippen LogP contribution is -1.96. The highest BCUT2D eigenvalue weighted by atomic mass is 19.1. The van der Waals surface area contributed by atoms with Crippen molar-refractivity contribution >= 4 is 10.8 Å². The lowest BCUT2D eigenvalue weighted by atomic mass is 9.97. The normalized spacial score (nSPS) is 11.3. The van der Waals surface area contributed by atoms with Crippen molar-refractivity contribution in [2.45, 2.75) is 32.6 Å². The van der Waals surface area contributed by atoms with Crippen molar-refractivity contribution in [1.29, 1.82) is 0 Å². The molecular weight excluding hydrogens is 344 g/mol. The lowest BCUT2D eigenvalue weighted by Gasteiger charge is -2.11. The van der Waals surface area contributed by atoms with Gasteiger partial charge in [-0.25, -0.2) is 17.6 Å². The van der Waals surface area contributed by atoms with E-state index < -0.39 is 34.4 Å². The number of hydrogen-bond donors (Lipinski definition) is 1. The first-order chi connectivity index (χ1) is 12.4. The van der Waals surface area contributed by atoms with Crippen LogP contribution in [0.3, 0.4) is 0 Å². The van der Waals surface area contributed by atoms with Crippen LogP contribution in [-0.2, 0) is 6.42 Å². The molecule has 0 saturated carbocycles. The Kier molecular flexibility index (Phi) is 5.16. The summed E-state index contributed by atoms with van der Waals surface area (Å²) in [7, 11) is 0. The van der Waals surface area contributed by atoms with E-state index in [1.54, 1.807) is 0 Å². The zero-order valence-corrected chi connectivity index (χ0v) is 14.3. The molecule has 3 aromatic rings. The van der Waals surface area contributed by atoms with Crippen LogP contribution in [0.25, 0.3) is 21.9 Å². The molecule has 0 aliphatic heterocycles. The van der Waals surface area contributed by atoms with Gasteiger partial charge in [0.2, 0.25) is 0 Å². The second-order valence-electron chi connectivity index (χ2n) is 6.35. The average Bonchev–Trinajstić information content (AvgIpc) is 2.57. The molecule has 0 aliphatic rings. The van der Waals surface area contributed by atoms with E-state index in [0.29, 0.717) is 12.0 Å². The highest BCUT2D eigenvalue weighted by Gasteiger charge is 2.18. The predicted molar refractivity (Wildman–Crippen MR) is 94.1 cm³/mol. The van der Waals surface area contributed by atoms with Crippen LogP contribution >= 0.6 is 0 Å². The van der Waals surface area contributed by atoms with E-state index in [2.05, 4.69) is 0 Å². The third-order valence-corrected chi connectivity index (χ3v) is 4.45. The van der Waals surface area contributed by atoms with E-state index in [0.717, 1.165) is 31.4 Å². The predicted octanol–water partition coefficient (Wildman–Crippen LogP) is 6.50. The molecule has 0 amide bonds. The molecular formula is C21H18F4O. The summed E-state index contributed by atoms with van der Waals surface area (Å²) in [6.07, 6.45) is 3.38. The maximum absolute atomic E-state index is 14.5. The number of hydrogen-bond acceptors (Lipinski definition) is 1. The fourth-order valence-corrected chi connectivity index (χ4v) is 3.13. The van der Waals surface area contributed by atoms with Gasteiger partial charge in [0, 0.05) is 0 Å². The Hall–Kier alpha value is -2.56. The summed E-state index contributed by atoms with van der Waals surface area (Å²) in [4.78, 5) is 0. The van der Waals surface area contributed by atoms with Crippen molar-refractivity contribution in [3.63, 3.8) is 0 Å². The van der Waals surface area contributed by atoms with Crippen LogP contribution in [0.2, 0.25) is 0 Å². The summed E-state index contributed by atoms with van der Waals surface area (Å²) < 4.78 is 57.2. The minimum atomic E-state index is -1.10. The standard InChI is InChI=1S/C21H18F4O/c1-2-3-4-5-12-8-15(22)19(16(23)9-12)14-10-13-6-7-18(26)21(25)20(13)17(24)11-14/h6-11,26H,2-5H2,1H3. The SMILES string of the molecule is CCCCCc1cc(F)c(-c2cc(F)c3c(F)c(O)ccc3c2)c(F)c1. The molecule has 0 bridgehead atoms. The first-order valence-corrected chi connectivity index (χ1v) is 8.51. The van der Waals surface area contributed by atoms with Crippen LogP contribution < -0.4 is 0 Å². The number of unbranched alkanes of at least 4 members (excludes halogenated alkanes) is 2. The molecule has 3 rings (SSSR count). The Morgan fingerprint density at radius 2 is 1.54 bits per heavy atom. The average molecular weight is 362 g/mol. The van der Waals surface area contributed by atoms with Crippen LogP contribution in [-0.4, -0.2) is 5.11 Å².